The van der Waals surface area contributed by atoms with Crippen molar-refractivity contribution < 1.29 is 18.7 Å². The number of carboxylic acids is 1. The Morgan fingerprint density at radius 1 is 1.19 bits per heavy atom. The van der Waals surface area contributed by atoms with Gasteiger partial charge < -0.3 is 9.67 Å². The monoisotopic (exact) mass is 293 g/mol. The highest BCUT2D eigenvalue weighted by Gasteiger charge is 2.14. The van der Waals surface area contributed by atoms with Crippen LogP contribution >= 0.6 is 0 Å². The molecule has 0 aliphatic rings. The van der Waals surface area contributed by atoms with Crippen LogP contribution in [0.4, 0.5) is 8.78 Å². The Labute approximate surface area is 121 Å². The lowest BCUT2D eigenvalue weighted by Gasteiger charge is -2.07. The van der Waals surface area contributed by atoms with E-state index in [1.165, 1.54) is 6.07 Å². The fraction of sp³-hybridized carbons (Fsp3) is 0.312. The fourth-order valence-electron chi connectivity index (χ4n) is 2.30. The molecule has 1 aromatic heterocycles. The Morgan fingerprint density at radius 3 is 2.48 bits per heavy atom. The van der Waals surface area contributed by atoms with E-state index in [1.54, 1.807) is 16.8 Å². The van der Waals surface area contributed by atoms with E-state index in [9.17, 15) is 18.7 Å². The minimum absolute atomic E-state index is 0.149. The molecular weight excluding hydrogens is 276 g/mol. The fourth-order valence-corrected chi connectivity index (χ4v) is 2.30. The Balaban J connectivity index is 2.31. The van der Waals surface area contributed by atoms with E-state index in [-0.39, 0.29) is 12.2 Å². The van der Waals surface area contributed by atoms with Gasteiger partial charge in [-0.25, -0.2) is 13.6 Å². The van der Waals surface area contributed by atoms with Crippen molar-refractivity contribution in [2.75, 3.05) is 0 Å². The summed E-state index contributed by atoms with van der Waals surface area (Å²) in [6, 6.07) is 5.21. The van der Waals surface area contributed by atoms with E-state index in [2.05, 4.69) is 0 Å². The average Bonchev–Trinajstić information content (AvgIpc) is 2.76. The molecule has 1 N–H and O–H groups in total. The smallest absolute Gasteiger partial charge is 0.352 e. The first-order valence-electron chi connectivity index (χ1n) is 6.73. The molecule has 0 atom stereocenters. The molecule has 0 unspecified atom stereocenters. The Hall–Kier alpha value is -2.17. The minimum atomic E-state index is -1.03. The number of benzene rings is 1. The van der Waals surface area contributed by atoms with Crippen molar-refractivity contribution in [1.82, 2.24) is 4.57 Å². The van der Waals surface area contributed by atoms with Gasteiger partial charge in [0.1, 0.15) is 5.69 Å². The number of hydrogen-bond acceptors (Lipinski definition) is 1. The summed E-state index contributed by atoms with van der Waals surface area (Å²) in [5.74, 6) is -2.47. The highest BCUT2D eigenvalue weighted by Crippen LogP contribution is 2.17. The quantitative estimate of drug-likeness (QED) is 0.913. The number of halogens is 2. The normalized spacial score (nSPS) is 11.1. The summed E-state index contributed by atoms with van der Waals surface area (Å²) in [6.07, 6.45) is 2.52. The zero-order valence-corrected chi connectivity index (χ0v) is 11.9. The number of rotatable bonds is 5. The number of carboxylic acid groups (broad SMARTS) is 1. The number of carbonyl (C=O) groups is 1. The molecule has 112 valence electrons. The molecule has 3 nitrogen and oxygen atoms in total. The Bertz CT molecular complexity index is 662. The van der Waals surface area contributed by atoms with Crippen molar-refractivity contribution in [1.29, 1.82) is 0 Å². The molecule has 0 spiro atoms. The Kier molecular flexibility index (Phi) is 4.40. The maximum absolute atomic E-state index is 13.2. The van der Waals surface area contributed by atoms with Gasteiger partial charge >= 0.3 is 5.97 Å². The van der Waals surface area contributed by atoms with E-state index in [0.29, 0.717) is 11.5 Å². The van der Waals surface area contributed by atoms with Crippen LogP contribution in [0.5, 0.6) is 0 Å². The van der Waals surface area contributed by atoms with Crippen molar-refractivity contribution in [3.05, 3.63) is 58.9 Å². The number of aromatic carboxylic acids is 1. The molecule has 0 aliphatic carbocycles. The molecule has 0 bridgehead atoms. The molecule has 2 rings (SSSR count). The third kappa shape index (κ3) is 3.68. The molecule has 0 saturated heterocycles. The standard InChI is InChI=1S/C16H17F2NO2/c1-10(2)5-12-7-15(16(20)21)19(9-12)8-11-3-4-13(17)14(18)6-11/h3-4,6-7,9-10H,5,8H2,1-2H3,(H,20,21). The van der Waals surface area contributed by atoms with Gasteiger partial charge in [-0.2, -0.15) is 0 Å². The maximum Gasteiger partial charge on any atom is 0.352 e. The van der Waals surface area contributed by atoms with Gasteiger partial charge in [0.15, 0.2) is 11.6 Å². The summed E-state index contributed by atoms with van der Waals surface area (Å²) in [7, 11) is 0. The average molecular weight is 293 g/mol. The molecule has 1 heterocycles. The largest absolute Gasteiger partial charge is 0.477 e. The maximum atomic E-state index is 13.2. The lowest BCUT2D eigenvalue weighted by Crippen LogP contribution is -2.08. The topological polar surface area (TPSA) is 42.2 Å². The van der Waals surface area contributed by atoms with Gasteiger partial charge in [-0.3, -0.25) is 0 Å². The van der Waals surface area contributed by atoms with E-state index >= 15 is 0 Å². The molecule has 0 saturated carbocycles. The van der Waals surface area contributed by atoms with Crippen LogP contribution in [0, 0.1) is 17.6 Å². The van der Waals surface area contributed by atoms with Crippen LogP contribution in [0.15, 0.2) is 30.5 Å². The molecule has 0 amide bonds. The molecule has 21 heavy (non-hydrogen) atoms. The minimum Gasteiger partial charge on any atom is -0.477 e. The zero-order chi connectivity index (χ0) is 15.6. The van der Waals surface area contributed by atoms with E-state index in [1.807, 2.05) is 13.8 Å². The van der Waals surface area contributed by atoms with Crippen molar-refractivity contribution in [3.63, 3.8) is 0 Å². The molecule has 5 heteroatoms. The summed E-state index contributed by atoms with van der Waals surface area (Å²) in [5, 5.41) is 9.23. The van der Waals surface area contributed by atoms with Crippen LogP contribution in [0.1, 0.15) is 35.5 Å². The highest BCUT2D eigenvalue weighted by atomic mass is 19.2. The van der Waals surface area contributed by atoms with Crippen LogP contribution in [0.3, 0.4) is 0 Å². The lowest BCUT2D eigenvalue weighted by molar-refractivity contribution is 0.0685. The second-order valence-corrected chi connectivity index (χ2v) is 5.51. The molecule has 0 radical (unpaired) electrons. The van der Waals surface area contributed by atoms with Crippen molar-refractivity contribution in [3.8, 4) is 0 Å². The van der Waals surface area contributed by atoms with Gasteiger partial charge in [-0.05, 0) is 41.7 Å². The zero-order valence-electron chi connectivity index (χ0n) is 11.9. The predicted octanol–water partition coefficient (Wildman–Crippen LogP) is 3.71. The molecular formula is C16H17F2NO2. The first-order chi connectivity index (χ1) is 9.86. The van der Waals surface area contributed by atoms with Crippen molar-refractivity contribution in [2.24, 2.45) is 5.92 Å². The van der Waals surface area contributed by atoms with E-state index < -0.39 is 17.6 Å². The van der Waals surface area contributed by atoms with Crippen LogP contribution in [-0.2, 0) is 13.0 Å². The predicted molar refractivity (Wildman–Crippen MR) is 75.4 cm³/mol. The van der Waals surface area contributed by atoms with Gasteiger partial charge in [0.25, 0.3) is 0 Å². The number of nitrogens with zero attached hydrogens (tertiary/aromatic N) is 1. The Morgan fingerprint density at radius 2 is 1.90 bits per heavy atom. The van der Waals surface area contributed by atoms with Gasteiger partial charge in [0, 0.05) is 12.7 Å². The first kappa shape index (κ1) is 15.2. The highest BCUT2D eigenvalue weighted by molar-refractivity contribution is 5.86. The molecule has 1 aromatic carbocycles. The first-order valence-corrected chi connectivity index (χ1v) is 6.73. The van der Waals surface area contributed by atoms with E-state index in [4.69, 9.17) is 0 Å². The summed E-state index contributed by atoms with van der Waals surface area (Å²) in [4.78, 5) is 11.3. The lowest BCUT2D eigenvalue weighted by atomic mass is 10.1. The van der Waals surface area contributed by atoms with Gasteiger partial charge in [0.2, 0.25) is 0 Å². The molecule has 0 fully saturated rings. The van der Waals surface area contributed by atoms with Gasteiger partial charge in [-0.1, -0.05) is 19.9 Å². The van der Waals surface area contributed by atoms with Crippen LogP contribution in [0.2, 0.25) is 0 Å². The summed E-state index contributed by atoms with van der Waals surface area (Å²) >= 11 is 0. The second-order valence-electron chi connectivity index (χ2n) is 5.51. The SMILES string of the molecule is CC(C)Cc1cc(C(=O)O)n(Cc2ccc(F)c(F)c2)c1. The van der Waals surface area contributed by atoms with Gasteiger partial charge in [0.05, 0.1) is 0 Å². The van der Waals surface area contributed by atoms with Crippen molar-refractivity contribution >= 4 is 5.97 Å². The third-order valence-corrected chi connectivity index (χ3v) is 3.15. The summed E-state index contributed by atoms with van der Waals surface area (Å²) in [5.41, 5.74) is 1.59. The molecule has 0 aliphatic heterocycles. The number of hydrogen-bond donors (Lipinski definition) is 1. The number of aromatic nitrogens is 1. The van der Waals surface area contributed by atoms with E-state index in [0.717, 1.165) is 24.1 Å². The molecule has 2 aromatic rings. The van der Waals surface area contributed by atoms with Crippen molar-refractivity contribution in [2.45, 2.75) is 26.8 Å². The summed E-state index contributed by atoms with van der Waals surface area (Å²) < 4.78 is 27.7. The van der Waals surface area contributed by atoms with Gasteiger partial charge in [-0.15, -0.1) is 0 Å². The van der Waals surface area contributed by atoms with Crippen LogP contribution in [0.25, 0.3) is 0 Å². The summed E-state index contributed by atoms with van der Waals surface area (Å²) in [6.45, 7) is 4.29. The second kappa shape index (κ2) is 6.08. The third-order valence-electron chi connectivity index (χ3n) is 3.15. The van der Waals surface area contributed by atoms with Crippen LogP contribution in [-0.4, -0.2) is 15.6 Å². The van der Waals surface area contributed by atoms with Crippen LogP contribution < -0.4 is 0 Å².